The average molecular weight is 322 g/mol. The van der Waals surface area contributed by atoms with Crippen LogP contribution in [-0.4, -0.2) is 28.5 Å². The van der Waals surface area contributed by atoms with Crippen molar-refractivity contribution in [1.82, 2.24) is 10.3 Å². The van der Waals surface area contributed by atoms with Gasteiger partial charge in [-0.15, -0.1) is 0 Å². The number of hydrogen-bond acceptors (Lipinski definition) is 3. The van der Waals surface area contributed by atoms with Gasteiger partial charge in [-0.25, -0.2) is 4.98 Å². The summed E-state index contributed by atoms with van der Waals surface area (Å²) in [6.07, 6.45) is 1.47. The first-order valence-corrected chi connectivity index (χ1v) is 5.91. The number of nitrogens with zero attached hydrogens (tertiary/aromatic N) is 1. The lowest BCUT2D eigenvalue weighted by atomic mass is 10.2. The van der Waals surface area contributed by atoms with Crippen LogP contribution in [0.5, 0.6) is 0 Å². The topological polar surface area (TPSA) is 79.3 Å². The minimum Gasteiger partial charge on any atom is -0.481 e. The van der Waals surface area contributed by atoms with E-state index < -0.39 is 17.8 Å². The molecule has 7 heteroatoms. The summed E-state index contributed by atoms with van der Waals surface area (Å²) >= 11 is 8.93. The highest BCUT2D eigenvalue weighted by atomic mass is 79.9. The van der Waals surface area contributed by atoms with E-state index in [2.05, 4.69) is 26.2 Å². The number of hydrogen-bond donors (Lipinski definition) is 2. The van der Waals surface area contributed by atoms with Crippen molar-refractivity contribution in [3.05, 3.63) is 27.5 Å². The molecular formula is C10H10BrClN2O3. The minimum atomic E-state index is -0.969. The van der Waals surface area contributed by atoms with E-state index in [-0.39, 0.29) is 17.3 Å². The van der Waals surface area contributed by atoms with Crippen molar-refractivity contribution in [2.24, 2.45) is 5.92 Å². The number of carbonyl (C=O) groups is 2. The third kappa shape index (κ3) is 3.98. The van der Waals surface area contributed by atoms with Crippen LogP contribution in [0.3, 0.4) is 0 Å². The molecule has 1 amide bonds. The molecule has 0 radical (unpaired) electrons. The summed E-state index contributed by atoms with van der Waals surface area (Å²) in [6.45, 7) is 1.54. The summed E-state index contributed by atoms with van der Waals surface area (Å²) in [4.78, 5) is 26.1. The van der Waals surface area contributed by atoms with Gasteiger partial charge in [0.2, 0.25) is 0 Å². The lowest BCUT2D eigenvalue weighted by molar-refractivity contribution is -0.140. The molecule has 92 valence electrons. The summed E-state index contributed by atoms with van der Waals surface area (Å²) in [6, 6.07) is 1.52. The molecule has 0 aliphatic carbocycles. The Labute approximate surface area is 111 Å². The smallest absolute Gasteiger partial charge is 0.308 e. The quantitative estimate of drug-likeness (QED) is 0.831. The van der Waals surface area contributed by atoms with Gasteiger partial charge in [0.1, 0.15) is 5.15 Å². The molecule has 0 aromatic carbocycles. The largest absolute Gasteiger partial charge is 0.481 e. The second-order valence-corrected chi connectivity index (χ2v) is 4.71. The van der Waals surface area contributed by atoms with Crippen LogP contribution in [0, 0.1) is 5.92 Å². The number of rotatable bonds is 4. The number of amides is 1. The number of halogens is 2. The molecule has 0 spiro atoms. The van der Waals surface area contributed by atoms with Gasteiger partial charge in [-0.05, 0) is 22.0 Å². The Hall–Kier alpha value is -1.14. The van der Waals surface area contributed by atoms with Crippen molar-refractivity contribution in [2.45, 2.75) is 6.92 Å². The van der Waals surface area contributed by atoms with E-state index in [1.165, 1.54) is 19.2 Å². The van der Waals surface area contributed by atoms with Gasteiger partial charge < -0.3 is 10.4 Å². The van der Waals surface area contributed by atoms with E-state index in [1.54, 1.807) is 0 Å². The van der Waals surface area contributed by atoms with Crippen molar-refractivity contribution >= 4 is 39.4 Å². The molecule has 5 nitrogen and oxygen atoms in total. The maximum atomic E-state index is 11.7. The molecule has 1 aromatic heterocycles. The number of carbonyl (C=O) groups excluding carboxylic acids is 1. The van der Waals surface area contributed by atoms with Gasteiger partial charge in [-0.1, -0.05) is 18.5 Å². The van der Waals surface area contributed by atoms with Crippen LogP contribution in [0.15, 0.2) is 16.7 Å². The number of pyridine rings is 1. The molecule has 1 rings (SSSR count). The molecule has 0 fully saturated rings. The predicted octanol–water partition coefficient (Wildman–Crippen LogP) is 1.95. The Morgan fingerprint density at radius 2 is 2.29 bits per heavy atom. The third-order valence-electron chi connectivity index (χ3n) is 2.04. The van der Waals surface area contributed by atoms with Gasteiger partial charge in [0.15, 0.2) is 0 Å². The molecule has 0 bridgehead atoms. The molecular weight excluding hydrogens is 311 g/mol. The second-order valence-electron chi connectivity index (χ2n) is 3.44. The Kier molecular flexibility index (Phi) is 4.89. The van der Waals surface area contributed by atoms with Crippen molar-refractivity contribution in [3.63, 3.8) is 0 Å². The highest BCUT2D eigenvalue weighted by Gasteiger charge is 2.15. The zero-order valence-electron chi connectivity index (χ0n) is 8.91. The molecule has 2 N–H and O–H groups in total. The number of aliphatic carboxylic acids is 1. The van der Waals surface area contributed by atoms with Crippen LogP contribution >= 0.6 is 27.5 Å². The molecule has 1 atom stereocenters. The third-order valence-corrected chi connectivity index (χ3v) is 2.78. The standard InChI is InChI=1S/C10H10BrClN2O3/c1-5(10(16)17)3-14-9(15)7-2-6(11)4-13-8(7)12/h2,4-5H,3H2,1H3,(H,14,15)(H,16,17). The van der Waals surface area contributed by atoms with Gasteiger partial charge in [-0.3, -0.25) is 9.59 Å². The first-order valence-electron chi connectivity index (χ1n) is 4.74. The Morgan fingerprint density at radius 1 is 1.65 bits per heavy atom. The van der Waals surface area contributed by atoms with Crippen LogP contribution in [0.1, 0.15) is 17.3 Å². The predicted molar refractivity (Wildman–Crippen MR) is 66.1 cm³/mol. The SMILES string of the molecule is CC(CNC(=O)c1cc(Br)cnc1Cl)C(=O)O. The number of aromatic nitrogens is 1. The van der Waals surface area contributed by atoms with Crippen LogP contribution in [0.2, 0.25) is 5.15 Å². The fourth-order valence-corrected chi connectivity index (χ4v) is 1.53. The zero-order chi connectivity index (χ0) is 13.0. The Morgan fingerprint density at radius 3 is 2.88 bits per heavy atom. The maximum Gasteiger partial charge on any atom is 0.308 e. The second kappa shape index (κ2) is 5.97. The first-order chi connectivity index (χ1) is 7.91. The van der Waals surface area contributed by atoms with Crippen LogP contribution < -0.4 is 5.32 Å². The Balaban J connectivity index is 2.70. The van der Waals surface area contributed by atoms with Crippen molar-refractivity contribution in [1.29, 1.82) is 0 Å². The van der Waals surface area contributed by atoms with Crippen molar-refractivity contribution in [3.8, 4) is 0 Å². The van der Waals surface area contributed by atoms with E-state index >= 15 is 0 Å². The summed E-state index contributed by atoms with van der Waals surface area (Å²) in [5.41, 5.74) is 0.207. The molecule has 1 unspecified atom stereocenters. The van der Waals surface area contributed by atoms with Gasteiger partial charge >= 0.3 is 5.97 Å². The highest BCUT2D eigenvalue weighted by Crippen LogP contribution is 2.17. The average Bonchev–Trinajstić information content (AvgIpc) is 2.28. The van der Waals surface area contributed by atoms with Gasteiger partial charge in [0.05, 0.1) is 11.5 Å². The molecule has 0 aliphatic rings. The van der Waals surface area contributed by atoms with Crippen molar-refractivity contribution < 1.29 is 14.7 Å². The summed E-state index contributed by atoms with van der Waals surface area (Å²) in [7, 11) is 0. The number of nitrogens with one attached hydrogen (secondary N) is 1. The van der Waals surface area contributed by atoms with E-state index in [4.69, 9.17) is 16.7 Å². The molecule has 1 heterocycles. The number of carboxylic acid groups (broad SMARTS) is 1. The molecule has 0 saturated heterocycles. The van der Waals surface area contributed by atoms with Crippen LogP contribution in [0.4, 0.5) is 0 Å². The molecule has 17 heavy (non-hydrogen) atoms. The molecule has 1 aromatic rings. The molecule has 0 saturated carbocycles. The van der Waals surface area contributed by atoms with E-state index in [9.17, 15) is 9.59 Å². The first kappa shape index (κ1) is 13.9. The lowest BCUT2D eigenvalue weighted by Gasteiger charge is -2.09. The normalized spacial score (nSPS) is 11.9. The number of carboxylic acids is 1. The van der Waals surface area contributed by atoms with Crippen LogP contribution in [-0.2, 0) is 4.79 Å². The lowest BCUT2D eigenvalue weighted by Crippen LogP contribution is -2.31. The summed E-state index contributed by atoms with van der Waals surface area (Å²) < 4.78 is 0.623. The van der Waals surface area contributed by atoms with Gasteiger partial charge in [0, 0.05) is 17.2 Å². The minimum absolute atomic E-state index is 0.0387. The highest BCUT2D eigenvalue weighted by molar-refractivity contribution is 9.10. The fourth-order valence-electron chi connectivity index (χ4n) is 1.01. The summed E-state index contributed by atoms with van der Waals surface area (Å²) in [5.74, 6) is -2.07. The van der Waals surface area contributed by atoms with Gasteiger partial charge in [-0.2, -0.15) is 0 Å². The zero-order valence-corrected chi connectivity index (χ0v) is 11.2. The van der Waals surface area contributed by atoms with Crippen LogP contribution in [0.25, 0.3) is 0 Å². The monoisotopic (exact) mass is 320 g/mol. The van der Waals surface area contributed by atoms with Crippen molar-refractivity contribution in [2.75, 3.05) is 6.54 Å². The summed E-state index contributed by atoms with van der Waals surface area (Å²) in [5, 5.41) is 11.2. The maximum absolute atomic E-state index is 11.7. The van der Waals surface area contributed by atoms with E-state index in [1.807, 2.05) is 0 Å². The van der Waals surface area contributed by atoms with E-state index in [0.29, 0.717) is 4.47 Å². The Bertz CT molecular complexity index is 453. The fraction of sp³-hybridized carbons (Fsp3) is 0.300. The van der Waals surface area contributed by atoms with Gasteiger partial charge in [0.25, 0.3) is 5.91 Å². The van der Waals surface area contributed by atoms with E-state index in [0.717, 1.165) is 0 Å². The molecule has 0 aliphatic heterocycles.